The van der Waals surface area contributed by atoms with Gasteiger partial charge in [0.1, 0.15) is 0 Å². The quantitative estimate of drug-likeness (QED) is 0.900. The molecule has 1 heterocycles. The summed E-state index contributed by atoms with van der Waals surface area (Å²) < 4.78 is 0. The standard InChI is InChI=1S/C13H13N3S/c1-9-5-11(6-14)3-4-13(9)15-7-12-8-17-10(2)16-12/h3-5,8,15H,7H2,1-2H3. The Bertz CT molecular complexity index is 566. The molecule has 0 atom stereocenters. The number of nitrogens with one attached hydrogen (secondary N) is 1. The topological polar surface area (TPSA) is 48.7 Å². The van der Waals surface area contributed by atoms with Crippen molar-refractivity contribution < 1.29 is 0 Å². The molecule has 0 aliphatic rings. The lowest BCUT2D eigenvalue weighted by Crippen LogP contribution is -2.01. The molecule has 1 aromatic heterocycles. The van der Waals surface area contributed by atoms with Gasteiger partial charge in [0, 0.05) is 11.1 Å². The van der Waals surface area contributed by atoms with Gasteiger partial charge in [-0.1, -0.05) is 0 Å². The molecule has 2 rings (SSSR count). The average molecular weight is 243 g/mol. The second kappa shape index (κ2) is 4.98. The lowest BCUT2D eigenvalue weighted by atomic mass is 10.1. The summed E-state index contributed by atoms with van der Waals surface area (Å²) in [6.45, 7) is 4.72. The Hall–Kier alpha value is -1.86. The van der Waals surface area contributed by atoms with Crippen LogP contribution in [0.25, 0.3) is 0 Å². The molecule has 0 saturated carbocycles. The Morgan fingerprint density at radius 2 is 2.24 bits per heavy atom. The van der Waals surface area contributed by atoms with Crippen molar-refractivity contribution in [2.75, 3.05) is 5.32 Å². The Balaban J connectivity index is 2.07. The van der Waals surface area contributed by atoms with Crippen molar-refractivity contribution in [2.24, 2.45) is 0 Å². The van der Waals surface area contributed by atoms with E-state index in [2.05, 4.69) is 21.8 Å². The van der Waals surface area contributed by atoms with Gasteiger partial charge in [0.2, 0.25) is 0 Å². The van der Waals surface area contributed by atoms with E-state index >= 15 is 0 Å². The van der Waals surface area contributed by atoms with Gasteiger partial charge in [-0.25, -0.2) is 4.98 Å². The lowest BCUT2D eigenvalue weighted by molar-refractivity contribution is 1.05. The fourth-order valence-electron chi connectivity index (χ4n) is 1.61. The minimum absolute atomic E-state index is 0.692. The van der Waals surface area contributed by atoms with Crippen LogP contribution in [0.3, 0.4) is 0 Å². The molecule has 1 N–H and O–H groups in total. The van der Waals surface area contributed by atoms with E-state index in [-0.39, 0.29) is 0 Å². The first-order valence-corrected chi connectivity index (χ1v) is 6.22. The fourth-order valence-corrected chi connectivity index (χ4v) is 2.22. The van der Waals surface area contributed by atoms with Gasteiger partial charge in [-0.05, 0) is 37.6 Å². The van der Waals surface area contributed by atoms with E-state index in [0.717, 1.165) is 28.5 Å². The molecule has 0 aliphatic heterocycles. The van der Waals surface area contributed by atoms with Crippen molar-refractivity contribution >= 4 is 17.0 Å². The smallest absolute Gasteiger partial charge is 0.0991 e. The maximum Gasteiger partial charge on any atom is 0.0991 e. The minimum atomic E-state index is 0.692. The third-order valence-electron chi connectivity index (χ3n) is 2.48. The second-order valence-electron chi connectivity index (χ2n) is 3.85. The van der Waals surface area contributed by atoms with Gasteiger partial charge in [-0.3, -0.25) is 0 Å². The van der Waals surface area contributed by atoms with Crippen molar-refractivity contribution in [3.05, 3.63) is 45.4 Å². The van der Waals surface area contributed by atoms with Gasteiger partial charge < -0.3 is 5.32 Å². The molecule has 0 spiro atoms. The normalized spacial score (nSPS) is 9.94. The number of thiazole rings is 1. The molecule has 4 heteroatoms. The number of hydrogen-bond acceptors (Lipinski definition) is 4. The number of hydrogen-bond donors (Lipinski definition) is 1. The summed E-state index contributed by atoms with van der Waals surface area (Å²) in [5.74, 6) is 0. The van der Waals surface area contributed by atoms with Crippen molar-refractivity contribution in [1.29, 1.82) is 5.26 Å². The van der Waals surface area contributed by atoms with E-state index in [1.165, 1.54) is 0 Å². The van der Waals surface area contributed by atoms with Crippen LogP contribution in [0.5, 0.6) is 0 Å². The first-order valence-electron chi connectivity index (χ1n) is 5.34. The molecule has 0 saturated heterocycles. The average Bonchev–Trinajstić information content (AvgIpc) is 2.73. The van der Waals surface area contributed by atoms with Crippen LogP contribution in [0.15, 0.2) is 23.6 Å². The van der Waals surface area contributed by atoms with Crippen LogP contribution in [0.1, 0.15) is 21.8 Å². The third kappa shape index (κ3) is 2.83. The molecular weight excluding hydrogens is 230 g/mol. The number of nitriles is 1. The van der Waals surface area contributed by atoms with E-state index < -0.39 is 0 Å². The Kier molecular flexibility index (Phi) is 3.40. The van der Waals surface area contributed by atoms with Gasteiger partial charge in [0.15, 0.2) is 0 Å². The molecule has 0 aliphatic carbocycles. The van der Waals surface area contributed by atoms with E-state index in [1.54, 1.807) is 11.3 Å². The Labute approximate surface area is 105 Å². The largest absolute Gasteiger partial charge is 0.379 e. The van der Waals surface area contributed by atoms with Crippen LogP contribution < -0.4 is 5.32 Å². The van der Waals surface area contributed by atoms with Gasteiger partial charge in [0.05, 0.1) is 28.9 Å². The zero-order valence-electron chi connectivity index (χ0n) is 9.82. The predicted molar refractivity (Wildman–Crippen MR) is 70.1 cm³/mol. The van der Waals surface area contributed by atoms with Gasteiger partial charge in [-0.15, -0.1) is 11.3 Å². The van der Waals surface area contributed by atoms with Crippen LogP contribution in [-0.4, -0.2) is 4.98 Å². The van der Waals surface area contributed by atoms with Crippen LogP contribution >= 0.6 is 11.3 Å². The van der Waals surface area contributed by atoms with E-state index in [1.807, 2.05) is 32.0 Å². The predicted octanol–water partition coefficient (Wildman–Crippen LogP) is 3.24. The van der Waals surface area contributed by atoms with Crippen LogP contribution in [0.4, 0.5) is 5.69 Å². The molecular formula is C13H13N3S. The highest BCUT2D eigenvalue weighted by atomic mass is 32.1. The highest BCUT2D eigenvalue weighted by Gasteiger charge is 2.01. The first kappa shape index (κ1) is 11.6. The molecule has 86 valence electrons. The van der Waals surface area contributed by atoms with Gasteiger partial charge >= 0.3 is 0 Å². The molecule has 0 unspecified atom stereocenters. The first-order chi connectivity index (χ1) is 8.19. The number of benzene rings is 1. The van der Waals surface area contributed by atoms with Crippen LogP contribution in [0, 0.1) is 25.2 Å². The Morgan fingerprint density at radius 3 is 2.82 bits per heavy atom. The summed E-state index contributed by atoms with van der Waals surface area (Å²) in [6.07, 6.45) is 0. The molecule has 3 nitrogen and oxygen atoms in total. The second-order valence-corrected chi connectivity index (χ2v) is 4.92. The highest BCUT2D eigenvalue weighted by Crippen LogP contribution is 2.17. The van der Waals surface area contributed by atoms with E-state index in [4.69, 9.17) is 5.26 Å². The number of nitrogens with zero attached hydrogens (tertiary/aromatic N) is 2. The van der Waals surface area contributed by atoms with Gasteiger partial charge in [0.25, 0.3) is 0 Å². The number of aromatic nitrogens is 1. The van der Waals surface area contributed by atoms with Crippen LogP contribution in [-0.2, 0) is 6.54 Å². The maximum absolute atomic E-state index is 8.78. The summed E-state index contributed by atoms with van der Waals surface area (Å²) in [5, 5.41) is 15.3. The fraction of sp³-hybridized carbons (Fsp3) is 0.231. The molecule has 17 heavy (non-hydrogen) atoms. The van der Waals surface area contributed by atoms with Gasteiger partial charge in [-0.2, -0.15) is 5.26 Å². The maximum atomic E-state index is 8.78. The third-order valence-corrected chi connectivity index (χ3v) is 3.30. The monoisotopic (exact) mass is 243 g/mol. The van der Waals surface area contributed by atoms with Crippen molar-refractivity contribution in [3.8, 4) is 6.07 Å². The molecule has 1 aromatic carbocycles. The molecule has 0 amide bonds. The zero-order valence-corrected chi connectivity index (χ0v) is 10.6. The summed E-state index contributed by atoms with van der Waals surface area (Å²) in [5.41, 5.74) is 3.87. The lowest BCUT2D eigenvalue weighted by Gasteiger charge is -2.08. The summed E-state index contributed by atoms with van der Waals surface area (Å²) in [7, 11) is 0. The van der Waals surface area contributed by atoms with Crippen molar-refractivity contribution in [1.82, 2.24) is 4.98 Å². The van der Waals surface area contributed by atoms with E-state index in [9.17, 15) is 0 Å². The molecule has 0 fully saturated rings. The molecule has 0 radical (unpaired) electrons. The highest BCUT2D eigenvalue weighted by molar-refractivity contribution is 7.09. The summed E-state index contributed by atoms with van der Waals surface area (Å²) in [4.78, 5) is 4.39. The molecule has 2 aromatic rings. The van der Waals surface area contributed by atoms with Crippen molar-refractivity contribution in [2.45, 2.75) is 20.4 Å². The van der Waals surface area contributed by atoms with E-state index in [0.29, 0.717) is 5.56 Å². The summed E-state index contributed by atoms with van der Waals surface area (Å²) >= 11 is 1.66. The van der Waals surface area contributed by atoms with Crippen LogP contribution in [0.2, 0.25) is 0 Å². The number of rotatable bonds is 3. The Morgan fingerprint density at radius 1 is 1.41 bits per heavy atom. The zero-order chi connectivity index (χ0) is 12.3. The summed E-state index contributed by atoms with van der Waals surface area (Å²) in [6, 6.07) is 7.78. The van der Waals surface area contributed by atoms with Crippen molar-refractivity contribution in [3.63, 3.8) is 0 Å². The minimum Gasteiger partial charge on any atom is -0.379 e. The molecule has 0 bridgehead atoms. The number of anilines is 1. The number of aryl methyl sites for hydroxylation is 2. The SMILES string of the molecule is Cc1nc(CNc2ccc(C#N)cc2C)cs1.